The predicted molar refractivity (Wildman–Crippen MR) is 77.1 cm³/mol. The van der Waals surface area contributed by atoms with Crippen LogP contribution in [0.2, 0.25) is 0 Å². The molecule has 1 aromatic rings. The van der Waals surface area contributed by atoms with Gasteiger partial charge in [0.05, 0.1) is 4.47 Å². The van der Waals surface area contributed by atoms with Gasteiger partial charge in [0, 0.05) is 6.04 Å². The molecule has 1 saturated carbocycles. The molecule has 0 heterocycles. The second-order valence-electron chi connectivity index (χ2n) is 5.12. The molecule has 1 fully saturated rings. The second-order valence-corrected chi connectivity index (χ2v) is 5.91. The average Bonchev–Trinajstić information content (AvgIpc) is 2.88. The highest BCUT2D eigenvalue weighted by molar-refractivity contribution is 9.10. The first-order valence-corrected chi connectivity index (χ1v) is 7.70. The molecule has 0 amide bonds. The lowest BCUT2D eigenvalue weighted by atomic mass is 9.91. The summed E-state index contributed by atoms with van der Waals surface area (Å²) in [4.78, 5) is 0. The van der Waals surface area contributed by atoms with Gasteiger partial charge in [-0.25, -0.2) is 4.39 Å². The second kappa shape index (κ2) is 6.67. The van der Waals surface area contributed by atoms with Gasteiger partial charge < -0.3 is 5.32 Å². The standard InChI is InChI=1S/C15H21BrFN/c1-2-10-18-15(11-6-3-4-7-11)12-8-5-9-13(17)14(12)16/h5,8-9,11,15,18H,2-4,6-7,10H2,1H3. The Morgan fingerprint density at radius 2 is 2.11 bits per heavy atom. The minimum Gasteiger partial charge on any atom is -0.310 e. The van der Waals surface area contributed by atoms with Crippen LogP contribution in [0.15, 0.2) is 22.7 Å². The quantitative estimate of drug-likeness (QED) is 0.821. The number of nitrogens with one attached hydrogen (secondary N) is 1. The molecular formula is C15H21BrFN. The fourth-order valence-electron chi connectivity index (χ4n) is 2.88. The van der Waals surface area contributed by atoms with E-state index in [-0.39, 0.29) is 11.9 Å². The molecule has 1 aromatic carbocycles. The number of rotatable bonds is 5. The summed E-state index contributed by atoms with van der Waals surface area (Å²) in [5.41, 5.74) is 1.08. The van der Waals surface area contributed by atoms with Crippen molar-refractivity contribution in [2.75, 3.05) is 6.54 Å². The summed E-state index contributed by atoms with van der Waals surface area (Å²) in [6.07, 6.45) is 6.23. The van der Waals surface area contributed by atoms with Crippen LogP contribution in [-0.4, -0.2) is 6.54 Å². The monoisotopic (exact) mass is 313 g/mol. The molecule has 0 saturated heterocycles. The van der Waals surface area contributed by atoms with Crippen molar-refractivity contribution in [1.82, 2.24) is 5.32 Å². The molecule has 0 radical (unpaired) electrons. The summed E-state index contributed by atoms with van der Waals surface area (Å²) in [7, 11) is 0. The Balaban J connectivity index is 2.23. The largest absolute Gasteiger partial charge is 0.310 e. The molecule has 1 N–H and O–H groups in total. The smallest absolute Gasteiger partial charge is 0.137 e. The fourth-order valence-corrected chi connectivity index (χ4v) is 3.39. The van der Waals surface area contributed by atoms with Crippen LogP contribution in [0.1, 0.15) is 50.6 Å². The molecule has 0 bridgehead atoms. The normalized spacial score (nSPS) is 18.2. The van der Waals surface area contributed by atoms with Crippen LogP contribution in [0, 0.1) is 11.7 Å². The third-order valence-electron chi connectivity index (χ3n) is 3.80. The van der Waals surface area contributed by atoms with Gasteiger partial charge in [0.2, 0.25) is 0 Å². The van der Waals surface area contributed by atoms with Crippen molar-refractivity contribution < 1.29 is 4.39 Å². The van der Waals surface area contributed by atoms with Gasteiger partial charge in [-0.3, -0.25) is 0 Å². The summed E-state index contributed by atoms with van der Waals surface area (Å²) in [6, 6.07) is 5.65. The van der Waals surface area contributed by atoms with Crippen LogP contribution in [0.5, 0.6) is 0 Å². The molecule has 18 heavy (non-hydrogen) atoms. The molecule has 0 aliphatic heterocycles. The van der Waals surface area contributed by atoms with E-state index in [2.05, 4.69) is 28.2 Å². The molecule has 1 nitrogen and oxygen atoms in total. The summed E-state index contributed by atoms with van der Waals surface area (Å²) in [5.74, 6) is 0.489. The summed E-state index contributed by atoms with van der Waals surface area (Å²) >= 11 is 3.40. The van der Waals surface area contributed by atoms with E-state index < -0.39 is 0 Å². The lowest BCUT2D eigenvalue weighted by Crippen LogP contribution is -2.28. The molecule has 1 aliphatic rings. The first-order chi connectivity index (χ1) is 8.74. The van der Waals surface area contributed by atoms with Crippen LogP contribution in [0.3, 0.4) is 0 Å². The van der Waals surface area contributed by atoms with Gasteiger partial charge >= 0.3 is 0 Å². The number of hydrogen-bond acceptors (Lipinski definition) is 1. The van der Waals surface area contributed by atoms with E-state index >= 15 is 0 Å². The van der Waals surface area contributed by atoms with E-state index in [9.17, 15) is 4.39 Å². The third kappa shape index (κ3) is 3.12. The minimum absolute atomic E-state index is 0.159. The molecule has 2 rings (SSSR count). The molecule has 1 aliphatic carbocycles. The van der Waals surface area contributed by atoms with E-state index in [0.717, 1.165) is 18.5 Å². The van der Waals surface area contributed by atoms with Crippen LogP contribution in [0.4, 0.5) is 4.39 Å². The highest BCUT2D eigenvalue weighted by Crippen LogP contribution is 2.38. The van der Waals surface area contributed by atoms with Gasteiger partial charge in [-0.2, -0.15) is 0 Å². The first kappa shape index (κ1) is 14.0. The van der Waals surface area contributed by atoms with Crippen LogP contribution < -0.4 is 5.32 Å². The average molecular weight is 314 g/mol. The van der Waals surface area contributed by atoms with Crippen molar-refractivity contribution >= 4 is 15.9 Å². The maximum absolute atomic E-state index is 13.7. The van der Waals surface area contributed by atoms with E-state index in [1.54, 1.807) is 0 Å². The van der Waals surface area contributed by atoms with E-state index in [1.807, 2.05) is 12.1 Å². The number of hydrogen-bond donors (Lipinski definition) is 1. The van der Waals surface area contributed by atoms with E-state index in [1.165, 1.54) is 31.7 Å². The Morgan fingerprint density at radius 1 is 1.39 bits per heavy atom. The van der Waals surface area contributed by atoms with Crippen LogP contribution >= 0.6 is 15.9 Å². The van der Waals surface area contributed by atoms with Crippen molar-refractivity contribution in [2.24, 2.45) is 5.92 Å². The Labute approximate surface area is 117 Å². The van der Waals surface area contributed by atoms with Gasteiger partial charge in [-0.05, 0) is 59.3 Å². The first-order valence-electron chi connectivity index (χ1n) is 6.91. The molecule has 0 spiro atoms. The van der Waals surface area contributed by atoms with Crippen LogP contribution in [0.25, 0.3) is 0 Å². The lowest BCUT2D eigenvalue weighted by Gasteiger charge is -2.26. The zero-order chi connectivity index (χ0) is 13.0. The highest BCUT2D eigenvalue weighted by Gasteiger charge is 2.27. The molecule has 0 aromatic heterocycles. The van der Waals surface area contributed by atoms with Crippen molar-refractivity contribution in [3.05, 3.63) is 34.1 Å². The minimum atomic E-state index is -0.159. The summed E-state index contributed by atoms with van der Waals surface area (Å²) < 4.78 is 14.3. The van der Waals surface area contributed by atoms with Crippen LogP contribution in [-0.2, 0) is 0 Å². The van der Waals surface area contributed by atoms with Gasteiger partial charge in [0.25, 0.3) is 0 Å². The molecule has 100 valence electrons. The summed E-state index contributed by atoms with van der Waals surface area (Å²) in [6.45, 7) is 3.16. The summed E-state index contributed by atoms with van der Waals surface area (Å²) in [5, 5.41) is 3.60. The Morgan fingerprint density at radius 3 is 2.78 bits per heavy atom. The topological polar surface area (TPSA) is 12.0 Å². The molecular weight excluding hydrogens is 293 g/mol. The Bertz CT molecular complexity index is 388. The highest BCUT2D eigenvalue weighted by atomic mass is 79.9. The Kier molecular flexibility index (Phi) is 5.19. The van der Waals surface area contributed by atoms with Gasteiger partial charge in [-0.15, -0.1) is 0 Å². The lowest BCUT2D eigenvalue weighted by molar-refractivity contribution is 0.366. The van der Waals surface area contributed by atoms with E-state index in [4.69, 9.17) is 0 Å². The number of benzene rings is 1. The van der Waals surface area contributed by atoms with Gasteiger partial charge in [0.15, 0.2) is 0 Å². The number of halogens is 2. The molecule has 3 heteroatoms. The van der Waals surface area contributed by atoms with Crippen molar-refractivity contribution in [3.63, 3.8) is 0 Å². The molecule has 1 atom stereocenters. The van der Waals surface area contributed by atoms with E-state index in [0.29, 0.717) is 10.4 Å². The maximum atomic E-state index is 13.7. The zero-order valence-corrected chi connectivity index (χ0v) is 12.5. The zero-order valence-electron chi connectivity index (χ0n) is 10.9. The van der Waals surface area contributed by atoms with Gasteiger partial charge in [-0.1, -0.05) is 31.9 Å². The van der Waals surface area contributed by atoms with Crippen molar-refractivity contribution in [1.29, 1.82) is 0 Å². The SMILES string of the molecule is CCCNC(c1cccc(F)c1Br)C1CCCC1. The van der Waals surface area contributed by atoms with Gasteiger partial charge in [0.1, 0.15) is 5.82 Å². The molecule has 1 unspecified atom stereocenters. The van der Waals surface area contributed by atoms with Crippen molar-refractivity contribution in [2.45, 2.75) is 45.1 Å². The van der Waals surface area contributed by atoms with Crippen molar-refractivity contribution in [3.8, 4) is 0 Å². The maximum Gasteiger partial charge on any atom is 0.137 e. The third-order valence-corrected chi connectivity index (χ3v) is 4.64. The fraction of sp³-hybridized carbons (Fsp3) is 0.600. The predicted octanol–water partition coefficient (Wildman–Crippen LogP) is 4.82. The Hall–Kier alpha value is -0.410.